The highest BCUT2D eigenvalue weighted by Gasteiger charge is 2.51. The van der Waals surface area contributed by atoms with Crippen molar-refractivity contribution in [3.05, 3.63) is 65.5 Å². The highest BCUT2D eigenvalue weighted by molar-refractivity contribution is 6.01. The van der Waals surface area contributed by atoms with Crippen LogP contribution in [0.1, 0.15) is 63.8 Å². The first kappa shape index (κ1) is 25.9. The number of amides is 3. The number of carbonyl (C=O) groups is 3. The molecule has 1 aromatic heterocycles. The molecule has 0 spiro atoms. The Morgan fingerprint density at radius 2 is 1.82 bits per heavy atom. The molecule has 3 amide bonds. The van der Waals surface area contributed by atoms with Crippen molar-refractivity contribution in [3.63, 3.8) is 0 Å². The molecule has 8 heteroatoms. The zero-order valence-corrected chi connectivity index (χ0v) is 22.7. The van der Waals surface area contributed by atoms with E-state index in [1.165, 1.54) is 11.1 Å². The second-order valence-corrected chi connectivity index (χ2v) is 11.8. The molecular weight excluding hydrogens is 478 g/mol. The Kier molecular flexibility index (Phi) is 6.75. The Balaban J connectivity index is 1.59. The summed E-state index contributed by atoms with van der Waals surface area (Å²) in [5, 5.41) is 6.15. The summed E-state index contributed by atoms with van der Waals surface area (Å²) in [5.41, 5.74) is 4.07. The Morgan fingerprint density at radius 1 is 1.13 bits per heavy atom. The van der Waals surface area contributed by atoms with Crippen molar-refractivity contribution in [2.24, 2.45) is 11.8 Å². The maximum absolute atomic E-state index is 14.4. The molecule has 38 heavy (non-hydrogen) atoms. The van der Waals surface area contributed by atoms with Crippen molar-refractivity contribution in [2.75, 3.05) is 0 Å². The first-order chi connectivity index (χ1) is 18.1. The van der Waals surface area contributed by atoms with E-state index >= 15 is 0 Å². The number of piperazine rings is 1. The molecule has 1 saturated heterocycles. The third kappa shape index (κ3) is 4.79. The van der Waals surface area contributed by atoms with Gasteiger partial charge in [0.05, 0.1) is 17.4 Å². The summed E-state index contributed by atoms with van der Waals surface area (Å²) in [4.78, 5) is 51.2. The number of hydrogen-bond acceptors (Lipinski definition) is 4. The lowest BCUT2D eigenvalue weighted by atomic mass is 9.85. The maximum atomic E-state index is 14.4. The van der Waals surface area contributed by atoms with Crippen LogP contribution in [0.15, 0.2) is 48.8 Å². The van der Waals surface area contributed by atoms with E-state index in [1.54, 1.807) is 11.2 Å². The quantitative estimate of drug-likeness (QED) is 0.466. The minimum absolute atomic E-state index is 0.0654. The second-order valence-electron chi connectivity index (χ2n) is 11.8. The zero-order chi connectivity index (χ0) is 27.2. The monoisotopic (exact) mass is 515 g/mol. The van der Waals surface area contributed by atoms with Gasteiger partial charge in [0.15, 0.2) is 0 Å². The number of imidazole rings is 1. The molecule has 0 bridgehead atoms. The molecule has 1 aliphatic heterocycles. The van der Waals surface area contributed by atoms with Crippen LogP contribution in [0.4, 0.5) is 0 Å². The van der Waals surface area contributed by atoms with Gasteiger partial charge in [0.2, 0.25) is 17.7 Å². The van der Waals surface area contributed by atoms with Crippen LogP contribution < -0.4 is 10.6 Å². The third-order valence-electron chi connectivity index (χ3n) is 7.91. The highest BCUT2D eigenvalue weighted by atomic mass is 16.2. The van der Waals surface area contributed by atoms with E-state index in [0.717, 1.165) is 5.52 Å². The lowest BCUT2D eigenvalue weighted by molar-refractivity contribution is -0.159. The van der Waals surface area contributed by atoms with Gasteiger partial charge in [-0.2, -0.15) is 0 Å². The minimum atomic E-state index is -0.973. The van der Waals surface area contributed by atoms with Gasteiger partial charge in [0.25, 0.3) is 0 Å². The number of nitrogens with zero attached hydrogens (tertiary/aromatic N) is 2. The standard InChI is InChI=1S/C30H37N5O3/c1-6-17(2)25-27(36)33-24(21-13-18-9-7-8-10-19(18)14-21)29(38)35(25)26(28(37)34-30(3,4)5)20-11-12-22-23(15-20)32-16-31-22/h7-12,15-17,21,24-26H,6,13-14H2,1-5H3,(H,31,32)(H,33,36)(H,34,37)/t17-,24-,25-,26-/m1/s1. The van der Waals surface area contributed by atoms with E-state index in [9.17, 15) is 14.4 Å². The molecule has 1 aliphatic carbocycles. The fourth-order valence-electron chi connectivity index (χ4n) is 5.91. The SMILES string of the molecule is CC[C@@H](C)[C@@H]1C(=O)N[C@H](C2Cc3ccccc3C2)C(=O)N1[C@@H](C(=O)NC(C)(C)C)c1ccc2[nH]cnc2c1. The molecule has 0 saturated carbocycles. The summed E-state index contributed by atoms with van der Waals surface area (Å²) in [6, 6.07) is 11.3. The summed E-state index contributed by atoms with van der Waals surface area (Å²) in [6.45, 7) is 9.70. The van der Waals surface area contributed by atoms with Gasteiger partial charge in [-0.05, 0) is 74.3 Å². The lowest BCUT2D eigenvalue weighted by Gasteiger charge is -2.46. The van der Waals surface area contributed by atoms with Crippen molar-refractivity contribution >= 4 is 28.8 Å². The highest BCUT2D eigenvalue weighted by Crippen LogP contribution is 2.36. The zero-order valence-electron chi connectivity index (χ0n) is 22.7. The van der Waals surface area contributed by atoms with Gasteiger partial charge in [-0.25, -0.2) is 4.98 Å². The van der Waals surface area contributed by atoms with Crippen LogP contribution in [0, 0.1) is 11.8 Å². The summed E-state index contributed by atoms with van der Waals surface area (Å²) < 4.78 is 0. The van der Waals surface area contributed by atoms with Gasteiger partial charge >= 0.3 is 0 Å². The average molecular weight is 516 g/mol. The number of aromatic nitrogens is 2. The fraction of sp³-hybridized carbons (Fsp3) is 0.467. The molecule has 2 aromatic carbocycles. The Morgan fingerprint density at radius 3 is 2.45 bits per heavy atom. The molecule has 1 fully saturated rings. The van der Waals surface area contributed by atoms with Gasteiger partial charge < -0.3 is 20.5 Å². The number of hydrogen-bond donors (Lipinski definition) is 3. The summed E-state index contributed by atoms with van der Waals surface area (Å²) in [6.07, 6.45) is 3.72. The van der Waals surface area contributed by atoms with E-state index < -0.39 is 23.7 Å². The molecule has 0 unspecified atom stereocenters. The number of fused-ring (bicyclic) bond motifs is 2. The van der Waals surface area contributed by atoms with Crippen LogP contribution in [0.2, 0.25) is 0 Å². The van der Waals surface area contributed by atoms with E-state index in [0.29, 0.717) is 30.3 Å². The smallest absolute Gasteiger partial charge is 0.247 e. The molecule has 3 aromatic rings. The van der Waals surface area contributed by atoms with E-state index in [-0.39, 0.29) is 29.6 Å². The lowest BCUT2D eigenvalue weighted by Crippen LogP contribution is -2.68. The van der Waals surface area contributed by atoms with E-state index in [4.69, 9.17) is 0 Å². The van der Waals surface area contributed by atoms with Gasteiger partial charge in [0, 0.05) is 5.54 Å². The molecular formula is C30H37N5O3. The van der Waals surface area contributed by atoms with E-state index in [1.807, 2.05) is 65.0 Å². The van der Waals surface area contributed by atoms with Gasteiger partial charge in [-0.3, -0.25) is 14.4 Å². The number of rotatable bonds is 6. The van der Waals surface area contributed by atoms with E-state index in [2.05, 4.69) is 32.7 Å². The molecule has 3 N–H and O–H groups in total. The molecule has 4 atom stereocenters. The molecule has 8 nitrogen and oxygen atoms in total. The fourth-order valence-corrected chi connectivity index (χ4v) is 5.91. The largest absolute Gasteiger partial charge is 0.349 e. The normalized spacial score (nSPS) is 21.8. The minimum Gasteiger partial charge on any atom is -0.349 e. The van der Waals surface area contributed by atoms with Crippen LogP contribution in [0.5, 0.6) is 0 Å². The van der Waals surface area contributed by atoms with Gasteiger partial charge in [0.1, 0.15) is 18.1 Å². The summed E-state index contributed by atoms with van der Waals surface area (Å²) in [5.74, 6) is -0.917. The van der Waals surface area contributed by atoms with Crippen molar-refractivity contribution < 1.29 is 14.4 Å². The molecule has 200 valence electrons. The molecule has 5 rings (SSSR count). The number of carbonyl (C=O) groups excluding carboxylic acids is 3. The predicted molar refractivity (Wildman–Crippen MR) is 146 cm³/mol. The topological polar surface area (TPSA) is 107 Å². The second kappa shape index (κ2) is 9.89. The number of aromatic amines is 1. The number of benzene rings is 2. The number of nitrogens with one attached hydrogen (secondary N) is 3. The van der Waals surface area contributed by atoms with Crippen LogP contribution in [-0.4, -0.2) is 50.2 Å². The van der Waals surface area contributed by atoms with Crippen molar-refractivity contribution in [1.29, 1.82) is 0 Å². The molecule has 2 aliphatic rings. The predicted octanol–water partition coefficient (Wildman–Crippen LogP) is 3.68. The first-order valence-corrected chi connectivity index (χ1v) is 13.5. The van der Waals surface area contributed by atoms with Crippen molar-refractivity contribution in [2.45, 2.75) is 77.5 Å². The summed E-state index contributed by atoms with van der Waals surface area (Å²) in [7, 11) is 0. The van der Waals surface area contributed by atoms with Crippen LogP contribution in [-0.2, 0) is 27.2 Å². The van der Waals surface area contributed by atoms with Gasteiger partial charge in [-0.1, -0.05) is 50.6 Å². The van der Waals surface area contributed by atoms with Crippen LogP contribution in [0.3, 0.4) is 0 Å². The molecule has 0 radical (unpaired) electrons. The Hall–Kier alpha value is -3.68. The average Bonchev–Trinajstić information content (AvgIpc) is 3.51. The summed E-state index contributed by atoms with van der Waals surface area (Å²) >= 11 is 0. The third-order valence-corrected chi connectivity index (χ3v) is 7.91. The van der Waals surface area contributed by atoms with Crippen LogP contribution in [0.25, 0.3) is 11.0 Å². The Labute approximate surface area is 223 Å². The first-order valence-electron chi connectivity index (χ1n) is 13.5. The number of H-pyrrole nitrogens is 1. The Bertz CT molecular complexity index is 1350. The van der Waals surface area contributed by atoms with Crippen molar-refractivity contribution in [3.8, 4) is 0 Å². The van der Waals surface area contributed by atoms with Crippen molar-refractivity contribution in [1.82, 2.24) is 25.5 Å². The van der Waals surface area contributed by atoms with Crippen LogP contribution >= 0.6 is 0 Å². The maximum Gasteiger partial charge on any atom is 0.247 e. The van der Waals surface area contributed by atoms with Gasteiger partial charge in [-0.15, -0.1) is 0 Å². The molecule has 2 heterocycles.